The number of anilines is 1. The van der Waals surface area contributed by atoms with Crippen molar-refractivity contribution < 1.29 is 0 Å². The number of aromatic nitrogens is 1. The molecule has 1 aromatic rings. The predicted molar refractivity (Wildman–Crippen MR) is 80.6 cm³/mol. The molecule has 19 heavy (non-hydrogen) atoms. The van der Waals surface area contributed by atoms with Crippen LogP contribution in [-0.2, 0) is 19.3 Å². The summed E-state index contributed by atoms with van der Waals surface area (Å²) in [6.07, 6.45) is 8.92. The predicted octanol–water partition coefficient (Wildman–Crippen LogP) is 3.98. The van der Waals surface area contributed by atoms with E-state index in [2.05, 4.69) is 25.2 Å². The number of nitrogens with zero attached hydrogens (tertiary/aromatic N) is 1. The van der Waals surface area contributed by atoms with Gasteiger partial charge in [-0.3, -0.25) is 0 Å². The van der Waals surface area contributed by atoms with Crippen molar-refractivity contribution in [3.05, 3.63) is 22.9 Å². The van der Waals surface area contributed by atoms with Crippen LogP contribution in [0.2, 0.25) is 0 Å². The van der Waals surface area contributed by atoms with E-state index in [9.17, 15) is 0 Å². The standard InChI is InChI=1S/C17H26N2/c1-3-12(4-2)13-7-8-14-10-15-6-5-9-18-17(15)19-16(14)11-13/h10,12-13H,3-9,11H2,1-2H3,(H,18,19). The van der Waals surface area contributed by atoms with Crippen molar-refractivity contribution in [2.45, 2.75) is 58.8 Å². The molecule has 104 valence electrons. The van der Waals surface area contributed by atoms with E-state index in [0.29, 0.717) is 0 Å². The van der Waals surface area contributed by atoms with E-state index in [1.165, 1.54) is 67.6 Å². The minimum Gasteiger partial charge on any atom is -0.370 e. The molecular weight excluding hydrogens is 232 g/mol. The number of aryl methyl sites for hydroxylation is 2. The maximum absolute atomic E-state index is 4.94. The van der Waals surface area contributed by atoms with Gasteiger partial charge in [-0.05, 0) is 55.1 Å². The smallest absolute Gasteiger partial charge is 0.129 e. The van der Waals surface area contributed by atoms with Gasteiger partial charge in [-0.1, -0.05) is 32.8 Å². The first kappa shape index (κ1) is 13.0. The quantitative estimate of drug-likeness (QED) is 0.887. The molecule has 0 saturated carbocycles. The molecule has 1 aliphatic heterocycles. The summed E-state index contributed by atoms with van der Waals surface area (Å²) in [5, 5.41) is 3.47. The monoisotopic (exact) mass is 258 g/mol. The zero-order valence-corrected chi connectivity index (χ0v) is 12.3. The number of rotatable bonds is 3. The molecule has 2 aliphatic rings. The first-order valence-corrected chi connectivity index (χ1v) is 8.07. The van der Waals surface area contributed by atoms with Crippen LogP contribution in [0.1, 0.15) is 56.4 Å². The van der Waals surface area contributed by atoms with Crippen LogP contribution < -0.4 is 5.32 Å². The van der Waals surface area contributed by atoms with Gasteiger partial charge in [0.25, 0.3) is 0 Å². The maximum Gasteiger partial charge on any atom is 0.129 e. The van der Waals surface area contributed by atoms with E-state index < -0.39 is 0 Å². The minimum atomic E-state index is 0.858. The second kappa shape index (κ2) is 5.52. The summed E-state index contributed by atoms with van der Waals surface area (Å²) in [5.41, 5.74) is 4.37. The zero-order valence-electron chi connectivity index (χ0n) is 12.3. The Kier molecular flexibility index (Phi) is 3.76. The summed E-state index contributed by atoms with van der Waals surface area (Å²) >= 11 is 0. The number of fused-ring (bicyclic) bond motifs is 2. The van der Waals surface area contributed by atoms with E-state index in [0.717, 1.165) is 18.4 Å². The van der Waals surface area contributed by atoms with Crippen LogP contribution in [0, 0.1) is 11.8 Å². The third kappa shape index (κ3) is 2.50. The van der Waals surface area contributed by atoms with Crippen LogP contribution in [0.25, 0.3) is 0 Å². The Morgan fingerprint density at radius 1 is 1.26 bits per heavy atom. The van der Waals surface area contributed by atoms with Crippen molar-refractivity contribution in [3.8, 4) is 0 Å². The molecule has 0 radical (unpaired) electrons. The Morgan fingerprint density at radius 2 is 2.11 bits per heavy atom. The highest BCUT2D eigenvalue weighted by atomic mass is 15.0. The van der Waals surface area contributed by atoms with Gasteiger partial charge >= 0.3 is 0 Å². The second-order valence-corrected chi connectivity index (χ2v) is 6.21. The summed E-state index contributed by atoms with van der Waals surface area (Å²) < 4.78 is 0. The molecule has 0 saturated heterocycles. The van der Waals surface area contributed by atoms with Gasteiger partial charge in [-0.25, -0.2) is 4.98 Å². The molecule has 1 atom stereocenters. The molecule has 0 fully saturated rings. The van der Waals surface area contributed by atoms with Crippen molar-refractivity contribution >= 4 is 5.82 Å². The Hall–Kier alpha value is -1.05. The summed E-state index contributed by atoms with van der Waals surface area (Å²) in [5.74, 6) is 2.92. The highest BCUT2D eigenvalue weighted by molar-refractivity contribution is 5.50. The highest BCUT2D eigenvalue weighted by Gasteiger charge is 2.26. The lowest BCUT2D eigenvalue weighted by Gasteiger charge is -2.31. The Bertz CT molecular complexity index is 449. The summed E-state index contributed by atoms with van der Waals surface area (Å²) in [6.45, 7) is 5.77. The van der Waals surface area contributed by atoms with E-state index in [1.807, 2.05) is 0 Å². The molecule has 2 heterocycles. The first-order chi connectivity index (χ1) is 9.31. The average Bonchev–Trinajstić information content (AvgIpc) is 2.46. The van der Waals surface area contributed by atoms with Gasteiger partial charge in [0.15, 0.2) is 0 Å². The lowest BCUT2D eigenvalue weighted by atomic mass is 9.76. The van der Waals surface area contributed by atoms with Crippen molar-refractivity contribution in [2.75, 3.05) is 11.9 Å². The van der Waals surface area contributed by atoms with E-state index >= 15 is 0 Å². The molecule has 0 bridgehead atoms. The molecule has 1 N–H and O–H groups in total. The topological polar surface area (TPSA) is 24.9 Å². The molecule has 0 aromatic carbocycles. The lowest BCUT2D eigenvalue weighted by molar-refractivity contribution is 0.279. The third-order valence-corrected chi connectivity index (χ3v) is 5.14. The van der Waals surface area contributed by atoms with E-state index in [-0.39, 0.29) is 0 Å². The SMILES string of the molecule is CCC(CC)C1CCc2cc3c(nc2C1)NCCC3. The number of hydrogen-bond acceptors (Lipinski definition) is 2. The molecule has 1 aliphatic carbocycles. The fraction of sp³-hybridized carbons (Fsp3) is 0.706. The van der Waals surface area contributed by atoms with Crippen molar-refractivity contribution in [1.29, 1.82) is 0 Å². The van der Waals surface area contributed by atoms with Gasteiger partial charge in [-0.15, -0.1) is 0 Å². The average molecular weight is 258 g/mol. The zero-order chi connectivity index (χ0) is 13.2. The Balaban J connectivity index is 1.84. The number of nitrogens with one attached hydrogen (secondary N) is 1. The summed E-state index contributed by atoms with van der Waals surface area (Å²) in [6, 6.07) is 2.44. The number of hydrogen-bond donors (Lipinski definition) is 1. The maximum atomic E-state index is 4.94. The fourth-order valence-corrected chi connectivity index (χ4v) is 3.91. The normalized spacial score (nSPS) is 21.7. The largest absolute Gasteiger partial charge is 0.370 e. The Labute approximate surface area is 117 Å². The van der Waals surface area contributed by atoms with Crippen LogP contribution in [0.3, 0.4) is 0 Å². The van der Waals surface area contributed by atoms with Gasteiger partial charge in [0, 0.05) is 12.2 Å². The fourth-order valence-electron chi connectivity index (χ4n) is 3.91. The molecule has 0 spiro atoms. The Morgan fingerprint density at radius 3 is 2.89 bits per heavy atom. The molecule has 1 unspecified atom stereocenters. The van der Waals surface area contributed by atoms with Gasteiger partial charge in [0.2, 0.25) is 0 Å². The molecule has 2 heteroatoms. The van der Waals surface area contributed by atoms with Crippen molar-refractivity contribution in [1.82, 2.24) is 4.98 Å². The number of pyridine rings is 1. The minimum absolute atomic E-state index is 0.858. The molecular formula is C17H26N2. The van der Waals surface area contributed by atoms with Gasteiger partial charge in [0.1, 0.15) is 5.82 Å². The van der Waals surface area contributed by atoms with Crippen LogP contribution in [0.15, 0.2) is 6.07 Å². The van der Waals surface area contributed by atoms with E-state index in [4.69, 9.17) is 4.98 Å². The van der Waals surface area contributed by atoms with Crippen LogP contribution in [0.5, 0.6) is 0 Å². The second-order valence-electron chi connectivity index (χ2n) is 6.21. The summed E-state index contributed by atoms with van der Waals surface area (Å²) in [4.78, 5) is 4.94. The molecule has 1 aromatic heterocycles. The molecule has 2 nitrogen and oxygen atoms in total. The summed E-state index contributed by atoms with van der Waals surface area (Å²) in [7, 11) is 0. The van der Waals surface area contributed by atoms with Gasteiger partial charge in [-0.2, -0.15) is 0 Å². The van der Waals surface area contributed by atoms with Crippen molar-refractivity contribution in [2.24, 2.45) is 11.8 Å². The van der Waals surface area contributed by atoms with Gasteiger partial charge in [0.05, 0.1) is 0 Å². The van der Waals surface area contributed by atoms with Crippen LogP contribution in [-0.4, -0.2) is 11.5 Å². The van der Waals surface area contributed by atoms with Crippen molar-refractivity contribution in [3.63, 3.8) is 0 Å². The lowest BCUT2D eigenvalue weighted by Crippen LogP contribution is -2.24. The first-order valence-electron chi connectivity index (χ1n) is 8.07. The van der Waals surface area contributed by atoms with Crippen LogP contribution >= 0.6 is 0 Å². The molecule has 0 amide bonds. The molecule has 3 rings (SSSR count). The third-order valence-electron chi connectivity index (χ3n) is 5.14. The van der Waals surface area contributed by atoms with E-state index in [1.54, 1.807) is 0 Å². The highest BCUT2D eigenvalue weighted by Crippen LogP contribution is 2.34. The van der Waals surface area contributed by atoms with Gasteiger partial charge < -0.3 is 5.32 Å². The van der Waals surface area contributed by atoms with Crippen LogP contribution in [0.4, 0.5) is 5.82 Å².